The molecular formula is C41H60Cl2Zr-4. The third-order valence-corrected chi connectivity index (χ3v) is 8.56. The molecule has 0 saturated heterocycles. The van der Waals surface area contributed by atoms with Gasteiger partial charge in [0.05, 0.1) is 0 Å². The molecule has 2 aromatic rings. The normalized spacial score (nSPS) is 16.8. The maximum absolute atomic E-state index is 4.00. The van der Waals surface area contributed by atoms with E-state index in [1.54, 1.807) is 0 Å². The summed E-state index contributed by atoms with van der Waals surface area (Å²) in [7, 11) is 0. The Morgan fingerprint density at radius 2 is 1.23 bits per heavy atom. The fraction of sp³-hybridized carbons (Fsp3) is 0.537. The molecule has 3 heteroatoms. The summed E-state index contributed by atoms with van der Waals surface area (Å²) < 4.78 is 3.34. The molecule has 0 atom stereocenters. The van der Waals surface area contributed by atoms with Gasteiger partial charge in [-0.3, -0.25) is 6.08 Å². The molecule has 0 unspecified atom stereocenters. The first kappa shape index (κ1) is 43.3. The topological polar surface area (TPSA) is 0 Å². The third kappa shape index (κ3) is 15.2. The van der Waals surface area contributed by atoms with E-state index in [1.807, 2.05) is 12.2 Å². The molecule has 0 heterocycles. The molecule has 0 spiro atoms. The number of hydrogen-bond acceptors (Lipinski definition) is 0. The van der Waals surface area contributed by atoms with Crippen molar-refractivity contribution in [2.75, 3.05) is 0 Å². The molecule has 0 bridgehead atoms. The van der Waals surface area contributed by atoms with Gasteiger partial charge >= 0.3 is 28.4 Å². The first-order chi connectivity index (χ1) is 19.9. The van der Waals surface area contributed by atoms with Gasteiger partial charge in [-0.25, -0.2) is 12.2 Å². The van der Waals surface area contributed by atoms with Crippen molar-refractivity contribution >= 4 is 29.0 Å². The fourth-order valence-electron chi connectivity index (χ4n) is 5.70. The first-order valence-corrected chi connectivity index (χ1v) is 18.1. The Hall–Kier alpha value is -0.747. The van der Waals surface area contributed by atoms with Crippen molar-refractivity contribution in [3.8, 4) is 11.1 Å². The van der Waals surface area contributed by atoms with Crippen molar-refractivity contribution in [3.63, 3.8) is 0 Å². The molecule has 0 N–H and O–H groups in total. The monoisotopic (exact) mass is 712 g/mol. The van der Waals surface area contributed by atoms with Crippen LogP contribution in [0.5, 0.6) is 0 Å². The summed E-state index contributed by atoms with van der Waals surface area (Å²) in [6.45, 7) is 21.6. The number of rotatable bonds is 0. The summed E-state index contributed by atoms with van der Waals surface area (Å²) in [5, 5.41) is 0. The predicted octanol–water partition coefficient (Wildman–Crippen LogP) is 12.6. The van der Waals surface area contributed by atoms with Crippen molar-refractivity contribution < 1.29 is 24.2 Å². The molecule has 4 aliphatic rings. The minimum atomic E-state index is 0. The maximum atomic E-state index is 4.00. The van der Waals surface area contributed by atoms with Gasteiger partial charge in [0.2, 0.25) is 0 Å². The van der Waals surface area contributed by atoms with Crippen LogP contribution in [-0.4, -0.2) is 4.21 Å². The Morgan fingerprint density at radius 1 is 0.727 bits per heavy atom. The minimum absolute atomic E-state index is 0. The van der Waals surface area contributed by atoms with Crippen molar-refractivity contribution in [1.29, 1.82) is 0 Å². The van der Waals surface area contributed by atoms with Gasteiger partial charge in [0.15, 0.2) is 0 Å². The van der Waals surface area contributed by atoms with Crippen LogP contribution in [0.25, 0.3) is 11.1 Å². The van der Waals surface area contributed by atoms with Gasteiger partial charge in [-0.2, -0.15) is 47.2 Å². The summed E-state index contributed by atoms with van der Waals surface area (Å²) in [6, 6.07) is 15.1. The second-order valence-electron chi connectivity index (χ2n) is 14.3. The number of fused-ring (bicyclic) bond motifs is 3. The Bertz CT molecular complexity index is 1030. The summed E-state index contributed by atoms with van der Waals surface area (Å²) >= 11 is 1.30. The molecule has 2 fully saturated rings. The molecule has 0 radical (unpaired) electrons. The van der Waals surface area contributed by atoms with E-state index in [1.165, 1.54) is 122 Å². The third-order valence-electron chi connectivity index (χ3n) is 8.56. The van der Waals surface area contributed by atoms with Gasteiger partial charge < -0.3 is 13.8 Å². The summed E-state index contributed by atoms with van der Waals surface area (Å²) in [5.74, 6) is 1.57. The van der Waals surface area contributed by atoms with Crippen LogP contribution in [0.1, 0.15) is 134 Å². The molecule has 0 aromatic heterocycles. The molecule has 2 aromatic carbocycles. The van der Waals surface area contributed by atoms with E-state index in [4.69, 9.17) is 0 Å². The zero-order chi connectivity index (χ0) is 31.2. The Balaban J connectivity index is 0.000000658. The van der Waals surface area contributed by atoms with Gasteiger partial charge in [0.25, 0.3) is 0 Å². The van der Waals surface area contributed by atoms with Crippen molar-refractivity contribution in [2.24, 2.45) is 11.8 Å². The molecule has 6 rings (SSSR count). The van der Waals surface area contributed by atoms with Gasteiger partial charge in [-0.15, -0.1) is 36.8 Å². The van der Waals surface area contributed by atoms with E-state index in [-0.39, 0.29) is 35.6 Å². The number of hydrogen-bond donors (Lipinski definition) is 0. The second-order valence-corrected chi connectivity index (χ2v) is 14.3. The Kier molecular flexibility index (Phi) is 21.6. The zero-order valence-corrected chi connectivity index (χ0v) is 32.8. The van der Waals surface area contributed by atoms with Crippen molar-refractivity contribution in [2.45, 2.75) is 129 Å². The predicted molar refractivity (Wildman–Crippen MR) is 198 cm³/mol. The van der Waals surface area contributed by atoms with Gasteiger partial charge in [0.1, 0.15) is 0 Å². The molecule has 4 aliphatic carbocycles. The van der Waals surface area contributed by atoms with E-state index in [0.29, 0.717) is 0 Å². The Morgan fingerprint density at radius 3 is 1.59 bits per heavy atom. The summed E-state index contributed by atoms with van der Waals surface area (Å²) in [6.07, 6.45) is 25.1. The average molecular weight is 715 g/mol. The second kappa shape index (κ2) is 21.9. The van der Waals surface area contributed by atoms with E-state index < -0.39 is 0 Å². The number of benzene rings is 2. The van der Waals surface area contributed by atoms with E-state index in [2.05, 4.69) is 108 Å². The van der Waals surface area contributed by atoms with E-state index >= 15 is 0 Å². The van der Waals surface area contributed by atoms with Crippen molar-refractivity contribution in [3.05, 3.63) is 96.8 Å². The van der Waals surface area contributed by atoms with Crippen LogP contribution in [0.3, 0.4) is 0 Å². The van der Waals surface area contributed by atoms with Crippen LogP contribution in [0.15, 0.2) is 48.6 Å². The quantitative estimate of drug-likeness (QED) is 0.203. The molecule has 44 heavy (non-hydrogen) atoms. The van der Waals surface area contributed by atoms with Gasteiger partial charge in [-0.05, 0) is 17.4 Å². The SMILES string of the molecule is CC(C)(C)c1c[c-]c2c(c1)-c1cc(C(C)(C)C)ccc1C2.Cl.Cl.[C-]1=CC=CC1.[CH2-]C1CCCCC1.[CH2-]C1CCCCC1.[CH2]=[Zr]. The molecule has 0 amide bonds. The molecule has 0 nitrogen and oxygen atoms in total. The van der Waals surface area contributed by atoms with E-state index in [9.17, 15) is 0 Å². The average Bonchev–Trinajstić information content (AvgIpc) is 3.66. The van der Waals surface area contributed by atoms with Crippen molar-refractivity contribution in [1.82, 2.24) is 0 Å². The molecule has 2 saturated carbocycles. The number of allylic oxidation sites excluding steroid dienone is 4. The summed E-state index contributed by atoms with van der Waals surface area (Å²) in [4.78, 5) is 0. The van der Waals surface area contributed by atoms with Crippen LogP contribution in [-0.2, 0) is 41.5 Å². The molecule has 246 valence electrons. The molecular weight excluding hydrogens is 655 g/mol. The fourth-order valence-corrected chi connectivity index (χ4v) is 5.70. The van der Waals surface area contributed by atoms with Crippen LogP contribution >= 0.6 is 24.8 Å². The Labute approximate surface area is 300 Å². The van der Waals surface area contributed by atoms with E-state index in [0.717, 1.165) is 24.7 Å². The first-order valence-electron chi connectivity index (χ1n) is 16.4. The van der Waals surface area contributed by atoms with Gasteiger partial charge in [-0.1, -0.05) is 140 Å². The summed E-state index contributed by atoms with van der Waals surface area (Å²) in [5.41, 5.74) is 8.76. The van der Waals surface area contributed by atoms with Crippen LogP contribution in [0.2, 0.25) is 0 Å². The zero-order valence-electron chi connectivity index (χ0n) is 28.7. The van der Waals surface area contributed by atoms with Crippen LogP contribution in [0, 0.1) is 37.8 Å². The number of halogens is 2. The van der Waals surface area contributed by atoms with Crippen LogP contribution < -0.4 is 0 Å². The van der Waals surface area contributed by atoms with Gasteiger partial charge in [0, 0.05) is 0 Å². The van der Waals surface area contributed by atoms with Crippen LogP contribution in [0.4, 0.5) is 0 Å². The molecule has 0 aliphatic heterocycles. The standard InChI is InChI=1S/C21H25.2C7H13.C5H5.CH2.2ClH.Zr/c1-20(2,3)16-9-7-14-11-15-8-10-17(21(4,5)6)13-19(15)18(14)12-16;2*1-7-5-3-2-4-6-7;1-2-4-5-3-1;;;;/h7,9-10,12-13H,11H2,1-6H3;2*7H,1-6H2;1-3H,4H2;1H2;2*1H;/q4*-1;;;;.